The van der Waals surface area contributed by atoms with Crippen LogP contribution in [0, 0.1) is 0 Å². The van der Waals surface area contributed by atoms with Gasteiger partial charge in [-0.15, -0.1) is 0 Å². The number of hydrogen-bond donors (Lipinski definition) is 1. The summed E-state index contributed by atoms with van der Waals surface area (Å²) in [6.07, 6.45) is 2.45. The minimum atomic E-state index is -0.475. The van der Waals surface area contributed by atoms with Gasteiger partial charge in [0.05, 0.1) is 23.8 Å². The van der Waals surface area contributed by atoms with Crippen molar-refractivity contribution in [3.05, 3.63) is 75.6 Å². The van der Waals surface area contributed by atoms with E-state index in [4.69, 9.17) is 9.47 Å². The molecule has 0 fully saturated rings. The number of ketones is 1. The Morgan fingerprint density at radius 3 is 2.50 bits per heavy atom. The van der Waals surface area contributed by atoms with Crippen molar-refractivity contribution in [3.63, 3.8) is 0 Å². The van der Waals surface area contributed by atoms with Gasteiger partial charge < -0.3 is 14.5 Å². The first-order valence-corrected chi connectivity index (χ1v) is 9.02. The van der Waals surface area contributed by atoms with E-state index < -0.39 is 5.97 Å². The number of benzene rings is 2. The normalized spacial score (nSPS) is 10.6. The van der Waals surface area contributed by atoms with Crippen LogP contribution in [0.4, 0.5) is 0 Å². The summed E-state index contributed by atoms with van der Waals surface area (Å²) in [5.74, 6) is -0.00432. The van der Waals surface area contributed by atoms with Gasteiger partial charge >= 0.3 is 5.97 Å². The van der Waals surface area contributed by atoms with Gasteiger partial charge in [-0.05, 0) is 36.8 Å². The van der Waals surface area contributed by atoms with Crippen LogP contribution in [0.25, 0.3) is 10.9 Å². The van der Waals surface area contributed by atoms with Crippen LogP contribution in [0.3, 0.4) is 0 Å². The Morgan fingerprint density at radius 1 is 1.07 bits per heavy atom. The quantitative estimate of drug-likeness (QED) is 0.497. The number of aromatic nitrogens is 1. The van der Waals surface area contributed by atoms with E-state index in [1.807, 2.05) is 6.92 Å². The fourth-order valence-electron chi connectivity index (χ4n) is 2.96. The second kappa shape index (κ2) is 8.52. The lowest BCUT2D eigenvalue weighted by Crippen LogP contribution is -2.16. The standard InChI is InChI=1S/C22H21NO5/c1-3-5-19(24)18-12-23-20-15(6-4-7-17(20)21(18)25)13-28-22(26)14-8-10-16(27-2)11-9-14/h4,6-12H,3,5,13H2,1-2H3,(H,23,25). The molecule has 0 aliphatic rings. The van der Waals surface area contributed by atoms with Gasteiger partial charge in [0.15, 0.2) is 11.2 Å². The van der Waals surface area contributed by atoms with Crippen LogP contribution >= 0.6 is 0 Å². The fraction of sp³-hybridized carbons (Fsp3) is 0.227. The van der Waals surface area contributed by atoms with E-state index in [0.29, 0.717) is 40.6 Å². The zero-order valence-corrected chi connectivity index (χ0v) is 15.8. The highest BCUT2D eigenvalue weighted by atomic mass is 16.5. The molecule has 3 rings (SSSR count). The minimum Gasteiger partial charge on any atom is -0.497 e. The van der Waals surface area contributed by atoms with Gasteiger partial charge in [0.1, 0.15) is 12.4 Å². The predicted octanol–water partition coefficient (Wildman–Crippen LogP) is 3.88. The summed E-state index contributed by atoms with van der Waals surface area (Å²) in [5, 5.41) is 0.403. The van der Waals surface area contributed by atoms with Crippen LogP contribution < -0.4 is 10.2 Å². The van der Waals surface area contributed by atoms with Crippen molar-refractivity contribution in [1.82, 2.24) is 4.98 Å². The van der Waals surface area contributed by atoms with Crippen molar-refractivity contribution in [2.75, 3.05) is 7.11 Å². The molecule has 1 N–H and O–H groups in total. The first kappa shape index (κ1) is 19.4. The van der Waals surface area contributed by atoms with E-state index in [-0.39, 0.29) is 23.4 Å². The molecule has 0 saturated heterocycles. The smallest absolute Gasteiger partial charge is 0.338 e. The number of esters is 1. The number of methoxy groups -OCH3 is 1. The Morgan fingerprint density at radius 2 is 1.82 bits per heavy atom. The van der Waals surface area contributed by atoms with Gasteiger partial charge in [0.25, 0.3) is 0 Å². The maximum absolute atomic E-state index is 12.7. The Kier molecular flexibility index (Phi) is 5.89. The largest absolute Gasteiger partial charge is 0.497 e. The highest BCUT2D eigenvalue weighted by Crippen LogP contribution is 2.17. The van der Waals surface area contributed by atoms with Crippen molar-refractivity contribution >= 4 is 22.7 Å². The van der Waals surface area contributed by atoms with Crippen LogP contribution in [0.15, 0.2) is 53.5 Å². The summed E-state index contributed by atoms with van der Waals surface area (Å²) in [4.78, 5) is 40.0. The fourth-order valence-corrected chi connectivity index (χ4v) is 2.96. The molecule has 28 heavy (non-hydrogen) atoms. The number of rotatable bonds is 7. The molecule has 1 heterocycles. The van der Waals surface area contributed by atoms with Gasteiger partial charge in [-0.3, -0.25) is 9.59 Å². The minimum absolute atomic E-state index is 0.000392. The monoisotopic (exact) mass is 379 g/mol. The molecule has 3 aromatic rings. The first-order valence-electron chi connectivity index (χ1n) is 9.02. The summed E-state index contributed by atoms with van der Waals surface area (Å²) in [6.45, 7) is 1.89. The molecule has 0 saturated carbocycles. The van der Waals surface area contributed by atoms with Gasteiger partial charge in [0.2, 0.25) is 0 Å². The number of H-pyrrole nitrogens is 1. The van der Waals surface area contributed by atoms with E-state index in [9.17, 15) is 14.4 Å². The Labute approximate surface area is 162 Å². The summed E-state index contributed by atoms with van der Waals surface area (Å²) in [7, 11) is 1.55. The number of Topliss-reactive ketones (excluding diaryl/α,β-unsaturated/α-hetero) is 1. The molecule has 0 spiro atoms. The zero-order valence-electron chi connectivity index (χ0n) is 15.8. The molecular weight excluding hydrogens is 358 g/mol. The third kappa shape index (κ3) is 3.96. The molecule has 0 radical (unpaired) electrons. The van der Waals surface area contributed by atoms with Crippen LogP contribution in [0.5, 0.6) is 5.75 Å². The molecule has 0 aliphatic carbocycles. The average Bonchev–Trinajstić information content (AvgIpc) is 2.72. The zero-order chi connectivity index (χ0) is 20.1. The van der Waals surface area contributed by atoms with Crippen molar-refractivity contribution in [2.45, 2.75) is 26.4 Å². The number of hydrogen-bond acceptors (Lipinski definition) is 5. The van der Waals surface area contributed by atoms with Crippen LogP contribution in [0.2, 0.25) is 0 Å². The van der Waals surface area contributed by atoms with Crippen molar-refractivity contribution in [2.24, 2.45) is 0 Å². The Balaban J connectivity index is 1.83. The number of carbonyl (C=O) groups excluding carboxylic acids is 2. The number of carbonyl (C=O) groups is 2. The number of ether oxygens (including phenoxy) is 2. The number of para-hydroxylation sites is 1. The number of aromatic amines is 1. The van der Waals surface area contributed by atoms with Crippen LogP contribution in [-0.4, -0.2) is 23.8 Å². The first-order chi connectivity index (χ1) is 13.5. The van der Waals surface area contributed by atoms with Crippen molar-refractivity contribution in [3.8, 4) is 5.75 Å². The molecule has 0 unspecified atom stereocenters. The lowest BCUT2D eigenvalue weighted by Gasteiger charge is -2.09. The van der Waals surface area contributed by atoms with E-state index >= 15 is 0 Å². The second-order valence-corrected chi connectivity index (χ2v) is 6.35. The van der Waals surface area contributed by atoms with Gasteiger partial charge in [-0.2, -0.15) is 0 Å². The lowest BCUT2D eigenvalue weighted by atomic mass is 10.0. The molecule has 6 heteroatoms. The average molecular weight is 379 g/mol. The highest BCUT2D eigenvalue weighted by molar-refractivity contribution is 5.99. The van der Waals surface area contributed by atoms with E-state index in [0.717, 1.165) is 0 Å². The van der Waals surface area contributed by atoms with Gasteiger partial charge in [-0.1, -0.05) is 19.1 Å². The molecule has 144 valence electrons. The predicted molar refractivity (Wildman–Crippen MR) is 106 cm³/mol. The molecule has 0 bridgehead atoms. The number of pyridine rings is 1. The molecule has 1 aromatic heterocycles. The molecule has 0 aliphatic heterocycles. The van der Waals surface area contributed by atoms with E-state index in [1.165, 1.54) is 6.20 Å². The third-order valence-corrected chi connectivity index (χ3v) is 4.46. The maximum atomic E-state index is 12.7. The molecule has 0 atom stereocenters. The maximum Gasteiger partial charge on any atom is 0.338 e. The highest BCUT2D eigenvalue weighted by Gasteiger charge is 2.15. The lowest BCUT2D eigenvalue weighted by molar-refractivity contribution is 0.0474. The SMILES string of the molecule is CCCC(=O)c1c[nH]c2c(COC(=O)c3ccc(OC)cc3)cccc2c1=O. The second-order valence-electron chi connectivity index (χ2n) is 6.35. The third-order valence-electron chi connectivity index (χ3n) is 4.46. The van der Waals surface area contributed by atoms with Crippen LogP contribution in [0.1, 0.15) is 46.0 Å². The number of nitrogens with one attached hydrogen (secondary N) is 1. The topological polar surface area (TPSA) is 85.5 Å². The van der Waals surface area contributed by atoms with Gasteiger partial charge in [0, 0.05) is 23.6 Å². The Hall–Kier alpha value is -3.41. The molecule has 6 nitrogen and oxygen atoms in total. The van der Waals surface area contributed by atoms with Crippen LogP contribution in [-0.2, 0) is 11.3 Å². The molecular formula is C22H21NO5. The van der Waals surface area contributed by atoms with Crippen molar-refractivity contribution < 1.29 is 19.1 Å². The van der Waals surface area contributed by atoms with E-state index in [1.54, 1.807) is 49.6 Å². The summed E-state index contributed by atoms with van der Waals surface area (Å²) >= 11 is 0. The number of fused-ring (bicyclic) bond motifs is 1. The van der Waals surface area contributed by atoms with Crippen molar-refractivity contribution in [1.29, 1.82) is 0 Å². The van der Waals surface area contributed by atoms with Gasteiger partial charge in [-0.25, -0.2) is 4.79 Å². The van der Waals surface area contributed by atoms with E-state index in [2.05, 4.69) is 4.98 Å². The molecule has 0 amide bonds. The summed E-state index contributed by atoms with van der Waals surface area (Å²) in [6, 6.07) is 11.7. The summed E-state index contributed by atoms with van der Waals surface area (Å²) in [5.41, 5.74) is 1.47. The summed E-state index contributed by atoms with van der Waals surface area (Å²) < 4.78 is 10.5. The Bertz CT molecular complexity index is 1070. The molecule has 2 aromatic carbocycles.